The highest BCUT2D eigenvalue weighted by Gasteiger charge is 2.34. The number of unbranched alkanes of at least 4 members (excludes halogenated alkanes) is 2. The van der Waals surface area contributed by atoms with Crippen molar-refractivity contribution in [2.75, 3.05) is 0 Å². The average Bonchev–Trinajstić information content (AvgIpc) is 2.86. The van der Waals surface area contributed by atoms with Gasteiger partial charge in [-0.25, -0.2) is 0 Å². The van der Waals surface area contributed by atoms with Crippen molar-refractivity contribution >= 4 is 23.1 Å². The molecule has 4 nitrogen and oxygen atoms in total. The summed E-state index contributed by atoms with van der Waals surface area (Å²) in [5.41, 5.74) is 5.84. The van der Waals surface area contributed by atoms with E-state index in [-0.39, 0.29) is 41.5 Å². The van der Waals surface area contributed by atoms with Crippen molar-refractivity contribution in [3.63, 3.8) is 0 Å². The number of benzene rings is 1. The highest BCUT2D eigenvalue weighted by Crippen LogP contribution is 2.39. The molecule has 0 radical (unpaired) electrons. The number of hydrogen-bond acceptors (Lipinski definition) is 4. The fourth-order valence-corrected chi connectivity index (χ4v) is 6.11. The fraction of sp³-hybridized carbons (Fsp3) is 0.730. The van der Waals surface area contributed by atoms with Gasteiger partial charge in [0.2, 0.25) is 0 Å². The van der Waals surface area contributed by atoms with Gasteiger partial charge in [-0.3, -0.25) is 14.4 Å². The van der Waals surface area contributed by atoms with Crippen LogP contribution in [0.15, 0.2) is 6.07 Å². The van der Waals surface area contributed by atoms with E-state index >= 15 is 0 Å². The molecule has 0 bridgehead atoms. The zero-order valence-electron chi connectivity index (χ0n) is 28.5. The Balaban J connectivity index is 0.00000123. The minimum atomic E-state index is -0.0744. The van der Waals surface area contributed by atoms with Gasteiger partial charge in [-0.15, -0.1) is 0 Å². The van der Waals surface area contributed by atoms with E-state index in [1.807, 2.05) is 0 Å². The van der Waals surface area contributed by atoms with Gasteiger partial charge in [0.05, 0.1) is 6.42 Å². The maximum atomic E-state index is 13.2. The first kappa shape index (κ1) is 38.9. The van der Waals surface area contributed by atoms with E-state index in [0.717, 1.165) is 56.1 Å². The van der Waals surface area contributed by atoms with E-state index < -0.39 is 0 Å². The van der Waals surface area contributed by atoms with E-state index in [2.05, 4.69) is 68.4 Å². The highest BCUT2D eigenvalue weighted by atomic mass is 16.1. The Morgan fingerprint density at radius 3 is 1.98 bits per heavy atom. The van der Waals surface area contributed by atoms with Crippen LogP contribution in [-0.2, 0) is 20.8 Å². The van der Waals surface area contributed by atoms with Crippen LogP contribution >= 0.6 is 0 Å². The lowest BCUT2D eigenvalue weighted by atomic mass is 9.70. The first-order valence-electron chi connectivity index (χ1n) is 16.5. The molecule has 1 aliphatic rings. The molecular formula is C37H62O4. The van der Waals surface area contributed by atoms with Crippen molar-refractivity contribution in [1.82, 2.24) is 0 Å². The van der Waals surface area contributed by atoms with Gasteiger partial charge in [-0.1, -0.05) is 86.6 Å². The summed E-state index contributed by atoms with van der Waals surface area (Å²) < 4.78 is 0. The molecule has 234 valence electrons. The van der Waals surface area contributed by atoms with E-state index in [1.54, 1.807) is 6.92 Å². The van der Waals surface area contributed by atoms with Crippen molar-refractivity contribution < 1.29 is 19.2 Å². The van der Waals surface area contributed by atoms with Crippen molar-refractivity contribution in [2.45, 2.75) is 159 Å². The molecule has 2 rings (SSSR count). The van der Waals surface area contributed by atoms with Gasteiger partial charge in [0.25, 0.3) is 0 Å². The molecule has 0 heterocycles. The molecule has 0 spiro atoms. The van der Waals surface area contributed by atoms with Gasteiger partial charge in [0.15, 0.2) is 5.78 Å². The molecular weight excluding hydrogens is 508 g/mol. The third-order valence-electron chi connectivity index (χ3n) is 8.13. The Bertz CT molecular complexity index is 972. The standard InChI is InChI=1S/C27H40O3.C7H14O.C3H8/c1-8-10-21(22(9-2)25(29)12-18(6)28)13-20-14-24-23(16(3)4)11-17(5)19(7)27(24)26(30)15-20;1-3-4-5-6-7(2)8;1-3-2/h11,16,20-22H,8-10,12-15H2,1-7H3;3-6H2,1-2H3;3H2,1-2H3. The molecule has 4 heteroatoms. The zero-order chi connectivity index (χ0) is 31.7. The van der Waals surface area contributed by atoms with Crippen molar-refractivity contribution in [1.29, 1.82) is 0 Å². The van der Waals surface area contributed by atoms with Gasteiger partial charge in [-0.05, 0) is 93.4 Å². The molecule has 0 fully saturated rings. The van der Waals surface area contributed by atoms with Crippen molar-refractivity contribution in [2.24, 2.45) is 17.8 Å². The topological polar surface area (TPSA) is 68.3 Å². The van der Waals surface area contributed by atoms with E-state index in [0.29, 0.717) is 18.1 Å². The molecule has 0 saturated carbocycles. The summed E-state index contributed by atoms with van der Waals surface area (Å²) in [4.78, 5) is 47.8. The molecule has 3 atom stereocenters. The van der Waals surface area contributed by atoms with Crippen molar-refractivity contribution in [3.8, 4) is 0 Å². The zero-order valence-corrected chi connectivity index (χ0v) is 28.5. The van der Waals surface area contributed by atoms with Crippen LogP contribution in [0, 0.1) is 31.6 Å². The minimum Gasteiger partial charge on any atom is -0.300 e. The summed E-state index contributed by atoms with van der Waals surface area (Å²) in [5, 5.41) is 0. The number of aryl methyl sites for hydroxylation is 1. The Kier molecular flexibility index (Phi) is 19.7. The lowest BCUT2D eigenvalue weighted by Gasteiger charge is -2.33. The van der Waals surface area contributed by atoms with Gasteiger partial charge in [0, 0.05) is 24.3 Å². The number of rotatable bonds is 14. The lowest BCUT2D eigenvalue weighted by molar-refractivity contribution is -0.130. The predicted octanol–water partition coefficient (Wildman–Crippen LogP) is 10.1. The third kappa shape index (κ3) is 13.6. The summed E-state index contributed by atoms with van der Waals surface area (Å²) in [6, 6.07) is 2.27. The fourth-order valence-electron chi connectivity index (χ4n) is 6.11. The Morgan fingerprint density at radius 1 is 0.902 bits per heavy atom. The van der Waals surface area contributed by atoms with E-state index in [4.69, 9.17) is 0 Å². The van der Waals surface area contributed by atoms with Crippen LogP contribution in [0.4, 0.5) is 0 Å². The number of fused-ring (bicyclic) bond motifs is 1. The van der Waals surface area contributed by atoms with Gasteiger partial charge in [0.1, 0.15) is 17.3 Å². The number of ketones is 4. The Hall–Kier alpha value is -2.10. The summed E-state index contributed by atoms with van der Waals surface area (Å²) in [5.74, 6) is 1.45. The maximum absolute atomic E-state index is 13.2. The van der Waals surface area contributed by atoms with E-state index in [1.165, 1.54) is 42.9 Å². The first-order valence-corrected chi connectivity index (χ1v) is 16.5. The molecule has 0 amide bonds. The van der Waals surface area contributed by atoms with Crippen LogP contribution < -0.4 is 0 Å². The molecule has 0 aliphatic heterocycles. The third-order valence-corrected chi connectivity index (χ3v) is 8.13. The van der Waals surface area contributed by atoms with Gasteiger partial charge >= 0.3 is 0 Å². The Morgan fingerprint density at radius 2 is 1.51 bits per heavy atom. The molecule has 3 unspecified atom stereocenters. The second kappa shape index (κ2) is 20.7. The Labute approximate surface area is 252 Å². The van der Waals surface area contributed by atoms with E-state index in [9.17, 15) is 19.2 Å². The molecule has 1 aromatic carbocycles. The van der Waals surface area contributed by atoms with Crippen molar-refractivity contribution in [3.05, 3.63) is 33.9 Å². The average molecular weight is 571 g/mol. The van der Waals surface area contributed by atoms with Crippen LogP contribution in [0.1, 0.15) is 171 Å². The number of carbonyl (C=O) groups excluding carboxylic acids is 4. The molecule has 0 saturated heterocycles. The van der Waals surface area contributed by atoms with Crippen LogP contribution in [0.25, 0.3) is 0 Å². The second-order valence-corrected chi connectivity index (χ2v) is 12.6. The molecule has 1 aliphatic carbocycles. The highest BCUT2D eigenvalue weighted by molar-refractivity contribution is 6.01. The second-order valence-electron chi connectivity index (χ2n) is 12.6. The molecule has 41 heavy (non-hydrogen) atoms. The summed E-state index contributed by atoms with van der Waals surface area (Å²) >= 11 is 0. The van der Waals surface area contributed by atoms with Crippen LogP contribution in [0.2, 0.25) is 0 Å². The monoisotopic (exact) mass is 570 g/mol. The van der Waals surface area contributed by atoms with Crippen LogP contribution in [0.5, 0.6) is 0 Å². The smallest absolute Gasteiger partial charge is 0.163 e. The lowest BCUT2D eigenvalue weighted by Crippen LogP contribution is -2.30. The molecule has 0 aromatic heterocycles. The number of Topliss-reactive ketones (excluding diaryl/α,β-unsaturated/α-hetero) is 4. The van der Waals surface area contributed by atoms with Gasteiger partial charge in [-0.2, -0.15) is 0 Å². The van der Waals surface area contributed by atoms with Gasteiger partial charge < -0.3 is 4.79 Å². The minimum absolute atomic E-state index is 0.0428. The largest absolute Gasteiger partial charge is 0.300 e. The molecule has 0 N–H and O–H groups in total. The number of hydrogen-bond donors (Lipinski definition) is 0. The predicted molar refractivity (Wildman–Crippen MR) is 174 cm³/mol. The van der Waals surface area contributed by atoms with Crippen LogP contribution in [0.3, 0.4) is 0 Å². The quantitative estimate of drug-likeness (QED) is 0.165. The first-order chi connectivity index (χ1) is 19.3. The molecule has 1 aromatic rings. The summed E-state index contributed by atoms with van der Waals surface area (Å²) in [6.45, 7) is 22.3. The van der Waals surface area contributed by atoms with Crippen LogP contribution in [-0.4, -0.2) is 23.1 Å². The maximum Gasteiger partial charge on any atom is 0.163 e. The number of carbonyl (C=O) groups is 4. The SMILES string of the molecule is CCC.CCCC(CC1CC(=O)c2c(C)c(C)cc(C(C)C)c2C1)C(CC)C(=O)CC(C)=O.CCCCCC(C)=O. The summed E-state index contributed by atoms with van der Waals surface area (Å²) in [7, 11) is 0. The normalized spacial score (nSPS) is 15.6. The summed E-state index contributed by atoms with van der Waals surface area (Å²) in [6.07, 6.45) is 10.7.